The number of halogens is 2. The third kappa shape index (κ3) is 2.78. The molecule has 0 bridgehead atoms. The molecule has 2 rings (SSSR count). The number of benzene rings is 1. The van der Waals surface area contributed by atoms with Crippen molar-refractivity contribution in [3.63, 3.8) is 0 Å². The van der Waals surface area contributed by atoms with E-state index in [2.05, 4.69) is 31.0 Å². The molecule has 2 nitrogen and oxygen atoms in total. The monoisotopic (exact) mass is 270 g/mol. The number of nitrogens with one attached hydrogen (secondary N) is 1. The van der Waals surface area contributed by atoms with E-state index in [1.807, 2.05) is 0 Å². The van der Waals surface area contributed by atoms with E-state index < -0.39 is 0 Å². The van der Waals surface area contributed by atoms with Gasteiger partial charge in [0.15, 0.2) is 0 Å². The van der Waals surface area contributed by atoms with Gasteiger partial charge in [-0.3, -0.25) is 0 Å². The van der Waals surface area contributed by atoms with Gasteiger partial charge in [0.2, 0.25) is 0 Å². The van der Waals surface area contributed by atoms with Crippen LogP contribution in [0.5, 0.6) is 0 Å². The standard InChI is InChI=1S/C14H20ClFN2/c1-4-11-8-17-14(2,3)9-18(11)13-6-5-10(15)7-12(13)16/h5-7,11,17H,4,8-9H2,1-3H3. The van der Waals surface area contributed by atoms with E-state index in [0.717, 1.165) is 19.5 Å². The second-order valence-corrected chi connectivity index (χ2v) is 5.99. The van der Waals surface area contributed by atoms with Crippen molar-refractivity contribution >= 4 is 17.3 Å². The molecular weight excluding hydrogens is 251 g/mol. The van der Waals surface area contributed by atoms with E-state index in [-0.39, 0.29) is 11.4 Å². The smallest absolute Gasteiger partial charge is 0.147 e. The van der Waals surface area contributed by atoms with Gasteiger partial charge in [-0.1, -0.05) is 18.5 Å². The summed E-state index contributed by atoms with van der Waals surface area (Å²) >= 11 is 5.81. The van der Waals surface area contributed by atoms with E-state index in [1.165, 1.54) is 6.07 Å². The van der Waals surface area contributed by atoms with Gasteiger partial charge in [-0.25, -0.2) is 4.39 Å². The molecular formula is C14H20ClFN2. The first-order chi connectivity index (χ1) is 8.43. The number of hydrogen-bond donors (Lipinski definition) is 1. The molecule has 1 heterocycles. The number of piperazine rings is 1. The van der Waals surface area contributed by atoms with Crippen LogP contribution >= 0.6 is 11.6 Å². The van der Waals surface area contributed by atoms with Gasteiger partial charge in [-0.15, -0.1) is 0 Å². The van der Waals surface area contributed by atoms with Crippen molar-refractivity contribution in [2.75, 3.05) is 18.0 Å². The van der Waals surface area contributed by atoms with E-state index in [0.29, 0.717) is 16.8 Å². The predicted molar refractivity (Wildman–Crippen MR) is 74.9 cm³/mol. The molecule has 1 unspecified atom stereocenters. The van der Waals surface area contributed by atoms with Gasteiger partial charge in [-0.2, -0.15) is 0 Å². The first-order valence-electron chi connectivity index (χ1n) is 6.39. The molecule has 0 radical (unpaired) electrons. The van der Waals surface area contributed by atoms with E-state index in [4.69, 9.17) is 11.6 Å². The molecule has 0 spiro atoms. The second kappa shape index (κ2) is 5.06. The van der Waals surface area contributed by atoms with Crippen molar-refractivity contribution in [2.45, 2.75) is 38.8 Å². The van der Waals surface area contributed by atoms with Crippen LogP contribution in [0.3, 0.4) is 0 Å². The van der Waals surface area contributed by atoms with Gasteiger partial charge in [0.05, 0.1) is 5.69 Å². The summed E-state index contributed by atoms with van der Waals surface area (Å²) in [4.78, 5) is 2.15. The highest BCUT2D eigenvalue weighted by molar-refractivity contribution is 6.30. The maximum Gasteiger partial charge on any atom is 0.147 e. The molecule has 1 aliphatic rings. The zero-order chi connectivity index (χ0) is 13.3. The van der Waals surface area contributed by atoms with Gasteiger partial charge in [-0.05, 0) is 38.5 Å². The minimum absolute atomic E-state index is 0.00224. The summed E-state index contributed by atoms with van der Waals surface area (Å²) in [7, 11) is 0. The maximum absolute atomic E-state index is 14.0. The molecule has 18 heavy (non-hydrogen) atoms. The van der Waals surface area contributed by atoms with Crippen LogP contribution in [0.25, 0.3) is 0 Å². The zero-order valence-corrected chi connectivity index (χ0v) is 11.9. The fourth-order valence-corrected chi connectivity index (χ4v) is 2.63. The van der Waals surface area contributed by atoms with E-state index >= 15 is 0 Å². The summed E-state index contributed by atoms with van der Waals surface area (Å²) in [5.74, 6) is -0.237. The minimum Gasteiger partial charge on any atom is -0.363 e. The average molecular weight is 271 g/mol. The highest BCUT2D eigenvalue weighted by Crippen LogP contribution is 2.28. The topological polar surface area (TPSA) is 15.3 Å². The predicted octanol–water partition coefficient (Wildman–Crippen LogP) is 3.45. The largest absolute Gasteiger partial charge is 0.363 e. The van der Waals surface area contributed by atoms with E-state index in [9.17, 15) is 4.39 Å². The van der Waals surface area contributed by atoms with Crippen LogP contribution in [-0.4, -0.2) is 24.7 Å². The highest BCUT2D eigenvalue weighted by Gasteiger charge is 2.32. The van der Waals surface area contributed by atoms with Gasteiger partial charge >= 0.3 is 0 Å². The Morgan fingerprint density at radius 3 is 2.83 bits per heavy atom. The van der Waals surface area contributed by atoms with Crippen molar-refractivity contribution in [3.05, 3.63) is 29.0 Å². The van der Waals surface area contributed by atoms with E-state index in [1.54, 1.807) is 12.1 Å². The molecule has 0 amide bonds. The first-order valence-corrected chi connectivity index (χ1v) is 6.77. The Labute approximate surface area is 113 Å². The minimum atomic E-state index is -0.237. The molecule has 1 aliphatic heterocycles. The molecule has 0 aromatic heterocycles. The Hall–Kier alpha value is -0.800. The van der Waals surface area contributed by atoms with Crippen LogP contribution in [0.1, 0.15) is 27.2 Å². The molecule has 1 fully saturated rings. The van der Waals surface area contributed by atoms with Crippen LogP contribution < -0.4 is 10.2 Å². The summed E-state index contributed by atoms with van der Waals surface area (Å²) in [5, 5.41) is 3.94. The molecule has 4 heteroatoms. The van der Waals surface area contributed by atoms with Crippen LogP contribution in [0.2, 0.25) is 5.02 Å². The summed E-state index contributed by atoms with van der Waals surface area (Å²) in [6, 6.07) is 5.25. The maximum atomic E-state index is 14.0. The van der Waals surface area contributed by atoms with Crippen LogP contribution in [0, 0.1) is 5.82 Å². The number of rotatable bonds is 2. The van der Waals surface area contributed by atoms with Gasteiger partial charge in [0, 0.05) is 29.7 Å². The fourth-order valence-electron chi connectivity index (χ4n) is 2.48. The Kier molecular flexibility index (Phi) is 3.83. The number of anilines is 1. The Morgan fingerprint density at radius 2 is 2.22 bits per heavy atom. The molecule has 1 N–H and O–H groups in total. The van der Waals surface area contributed by atoms with Gasteiger partial charge < -0.3 is 10.2 Å². The lowest BCUT2D eigenvalue weighted by atomic mass is 9.97. The van der Waals surface area contributed by atoms with Crippen molar-refractivity contribution in [3.8, 4) is 0 Å². The number of hydrogen-bond acceptors (Lipinski definition) is 2. The molecule has 1 aromatic carbocycles. The summed E-state index contributed by atoms with van der Waals surface area (Å²) < 4.78 is 14.0. The quantitative estimate of drug-likeness (QED) is 0.886. The molecule has 0 aliphatic carbocycles. The molecule has 1 aromatic rings. The van der Waals surface area contributed by atoms with Crippen molar-refractivity contribution in [2.24, 2.45) is 0 Å². The second-order valence-electron chi connectivity index (χ2n) is 5.55. The van der Waals surface area contributed by atoms with Crippen LogP contribution in [0.15, 0.2) is 18.2 Å². The fraction of sp³-hybridized carbons (Fsp3) is 0.571. The summed E-state index contributed by atoms with van der Waals surface area (Å²) in [6.45, 7) is 8.08. The van der Waals surface area contributed by atoms with Crippen molar-refractivity contribution in [1.29, 1.82) is 0 Å². The molecule has 1 atom stereocenters. The highest BCUT2D eigenvalue weighted by atomic mass is 35.5. The molecule has 0 saturated carbocycles. The molecule has 1 saturated heterocycles. The van der Waals surface area contributed by atoms with Crippen molar-refractivity contribution < 1.29 is 4.39 Å². The van der Waals surface area contributed by atoms with Gasteiger partial charge in [0.25, 0.3) is 0 Å². The Balaban J connectivity index is 2.32. The SMILES string of the molecule is CCC1CNC(C)(C)CN1c1ccc(Cl)cc1F. The third-order valence-corrected chi connectivity index (χ3v) is 3.75. The summed E-state index contributed by atoms with van der Waals surface area (Å²) in [5.41, 5.74) is 0.651. The lowest BCUT2D eigenvalue weighted by Crippen LogP contribution is -2.61. The third-order valence-electron chi connectivity index (χ3n) is 3.51. The lowest BCUT2D eigenvalue weighted by Gasteiger charge is -2.45. The van der Waals surface area contributed by atoms with Crippen LogP contribution in [0.4, 0.5) is 10.1 Å². The van der Waals surface area contributed by atoms with Gasteiger partial charge in [0.1, 0.15) is 5.82 Å². The first kappa shape index (κ1) is 13.6. The van der Waals surface area contributed by atoms with Crippen LogP contribution in [-0.2, 0) is 0 Å². The lowest BCUT2D eigenvalue weighted by molar-refractivity contribution is 0.304. The summed E-state index contributed by atoms with van der Waals surface area (Å²) in [6.07, 6.45) is 0.991. The average Bonchev–Trinajstić information content (AvgIpc) is 2.28. The normalized spacial score (nSPS) is 23.2. The number of nitrogens with zero attached hydrogens (tertiary/aromatic N) is 1. The van der Waals surface area contributed by atoms with Crippen molar-refractivity contribution in [1.82, 2.24) is 5.32 Å². The Bertz CT molecular complexity index is 434. The molecule has 100 valence electrons. The zero-order valence-electron chi connectivity index (χ0n) is 11.1. The Morgan fingerprint density at radius 1 is 1.50 bits per heavy atom.